The largest absolute Gasteiger partial charge is 0.466 e. The van der Waals surface area contributed by atoms with Crippen molar-refractivity contribution in [3.05, 3.63) is 58.0 Å². The van der Waals surface area contributed by atoms with Crippen molar-refractivity contribution >= 4 is 15.9 Å². The summed E-state index contributed by atoms with van der Waals surface area (Å²) in [7, 11) is 0. The van der Waals surface area contributed by atoms with Crippen LogP contribution in [0.2, 0.25) is 0 Å². The van der Waals surface area contributed by atoms with Gasteiger partial charge in [-0.25, -0.2) is 8.78 Å². The van der Waals surface area contributed by atoms with Crippen LogP contribution in [0.1, 0.15) is 33.0 Å². The van der Waals surface area contributed by atoms with Crippen LogP contribution in [0.5, 0.6) is 0 Å². The number of hydrogen-bond donors (Lipinski definition) is 0. The summed E-state index contributed by atoms with van der Waals surface area (Å²) in [5.74, 6) is 0.623. The first-order chi connectivity index (χ1) is 8.40. The molecule has 0 bridgehead atoms. The molecule has 1 nitrogen and oxygen atoms in total. The van der Waals surface area contributed by atoms with Gasteiger partial charge in [-0.2, -0.15) is 0 Å². The van der Waals surface area contributed by atoms with E-state index >= 15 is 0 Å². The maximum Gasteiger partial charge on any atom is 0.128 e. The van der Waals surface area contributed by atoms with Gasteiger partial charge in [0.1, 0.15) is 23.2 Å². The second-order valence-corrected chi connectivity index (χ2v) is 5.27. The number of benzene rings is 1. The van der Waals surface area contributed by atoms with Crippen LogP contribution in [0.15, 0.2) is 22.6 Å². The number of furan rings is 1. The van der Waals surface area contributed by atoms with Gasteiger partial charge in [0, 0.05) is 11.1 Å². The van der Waals surface area contributed by atoms with Gasteiger partial charge in [0.15, 0.2) is 0 Å². The number of aryl methyl sites for hydroxylation is 3. The second-order valence-electron chi connectivity index (χ2n) is 4.35. The van der Waals surface area contributed by atoms with E-state index < -0.39 is 16.5 Å². The average Bonchev–Trinajstić information content (AvgIpc) is 2.62. The molecule has 18 heavy (non-hydrogen) atoms. The third kappa shape index (κ3) is 2.34. The lowest BCUT2D eigenvalue weighted by Gasteiger charge is -2.11. The van der Waals surface area contributed by atoms with Crippen molar-refractivity contribution in [1.29, 1.82) is 0 Å². The lowest BCUT2D eigenvalue weighted by molar-refractivity contribution is 0.501. The Hall–Kier alpha value is -1.16. The van der Waals surface area contributed by atoms with Crippen LogP contribution in [0.25, 0.3) is 0 Å². The van der Waals surface area contributed by atoms with E-state index in [0.29, 0.717) is 11.3 Å². The van der Waals surface area contributed by atoms with E-state index in [4.69, 9.17) is 4.42 Å². The molecule has 1 unspecified atom stereocenters. The quantitative estimate of drug-likeness (QED) is 0.713. The van der Waals surface area contributed by atoms with Gasteiger partial charge in [0.25, 0.3) is 0 Å². The fraction of sp³-hybridized carbons (Fsp3) is 0.286. The Kier molecular flexibility index (Phi) is 3.57. The van der Waals surface area contributed by atoms with Crippen molar-refractivity contribution < 1.29 is 13.2 Å². The SMILES string of the molecule is Cc1cc(C(Br)c2cc(F)c(C)cc2F)c(C)o1. The first kappa shape index (κ1) is 13.3. The van der Waals surface area contributed by atoms with Crippen LogP contribution in [-0.4, -0.2) is 0 Å². The molecule has 0 aliphatic carbocycles. The minimum absolute atomic E-state index is 0.280. The number of rotatable bonds is 2. The topological polar surface area (TPSA) is 13.1 Å². The molecule has 0 saturated carbocycles. The van der Waals surface area contributed by atoms with Crippen LogP contribution in [0.3, 0.4) is 0 Å². The highest BCUT2D eigenvalue weighted by Crippen LogP contribution is 2.36. The molecule has 0 spiro atoms. The highest BCUT2D eigenvalue weighted by molar-refractivity contribution is 9.09. The van der Waals surface area contributed by atoms with Crippen molar-refractivity contribution in [1.82, 2.24) is 0 Å². The molecule has 0 amide bonds. The standard InChI is InChI=1S/C14H13BrF2O/c1-7-4-13(17)11(6-12(7)16)14(15)10-5-8(2)18-9(10)3/h4-6,14H,1-3H3. The van der Waals surface area contributed by atoms with Crippen LogP contribution in [-0.2, 0) is 0 Å². The predicted octanol–water partition coefficient (Wildman–Crippen LogP) is 4.97. The molecule has 0 radical (unpaired) electrons. The molecule has 1 aromatic carbocycles. The Morgan fingerprint density at radius 3 is 2.22 bits per heavy atom. The molecule has 0 N–H and O–H groups in total. The summed E-state index contributed by atoms with van der Waals surface area (Å²) in [4.78, 5) is -0.412. The van der Waals surface area contributed by atoms with Crippen molar-refractivity contribution in [2.24, 2.45) is 0 Å². The van der Waals surface area contributed by atoms with Crippen molar-refractivity contribution in [2.75, 3.05) is 0 Å². The van der Waals surface area contributed by atoms with E-state index in [-0.39, 0.29) is 5.56 Å². The molecular formula is C14H13BrF2O. The number of hydrogen-bond acceptors (Lipinski definition) is 1. The van der Waals surface area contributed by atoms with E-state index in [9.17, 15) is 8.78 Å². The van der Waals surface area contributed by atoms with Crippen LogP contribution in [0, 0.1) is 32.4 Å². The number of alkyl halides is 1. The Morgan fingerprint density at radius 1 is 1.00 bits per heavy atom. The summed E-state index contributed by atoms with van der Waals surface area (Å²) in [6.07, 6.45) is 0. The minimum Gasteiger partial charge on any atom is -0.466 e. The zero-order valence-electron chi connectivity index (χ0n) is 10.4. The van der Waals surface area contributed by atoms with Gasteiger partial charge in [0.2, 0.25) is 0 Å². The van der Waals surface area contributed by atoms with E-state index in [1.165, 1.54) is 12.1 Å². The molecule has 0 fully saturated rings. The zero-order chi connectivity index (χ0) is 13.4. The van der Waals surface area contributed by atoms with Crippen LogP contribution in [0.4, 0.5) is 8.78 Å². The highest BCUT2D eigenvalue weighted by atomic mass is 79.9. The summed E-state index contributed by atoms with van der Waals surface area (Å²) in [6.45, 7) is 5.17. The molecule has 96 valence electrons. The Morgan fingerprint density at radius 2 is 1.67 bits per heavy atom. The molecule has 4 heteroatoms. The molecule has 0 aliphatic heterocycles. The average molecular weight is 315 g/mol. The first-order valence-corrected chi connectivity index (χ1v) is 6.48. The van der Waals surface area contributed by atoms with Crippen molar-refractivity contribution in [2.45, 2.75) is 25.6 Å². The predicted molar refractivity (Wildman–Crippen MR) is 70.0 cm³/mol. The van der Waals surface area contributed by atoms with Crippen LogP contribution >= 0.6 is 15.9 Å². The van der Waals surface area contributed by atoms with Gasteiger partial charge >= 0.3 is 0 Å². The second kappa shape index (κ2) is 4.84. The molecular weight excluding hydrogens is 302 g/mol. The molecule has 2 rings (SSSR count). The van der Waals surface area contributed by atoms with Crippen LogP contribution < -0.4 is 0 Å². The molecule has 1 heterocycles. The van der Waals surface area contributed by atoms with E-state index in [1.54, 1.807) is 13.8 Å². The van der Waals surface area contributed by atoms with Gasteiger partial charge in [-0.1, -0.05) is 15.9 Å². The molecule has 1 aromatic heterocycles. The van der Waals surface area contributed by atoms with Gasteiger partial charge in [-0.05, 0) is 44.5 Å². The van der Waals surface area contributed by atoms with Crippen molar-refractivity contribution in [3.63, 3.8) is 0 Å². The van der Waals surface area contributed by atoms with Gasteiger partial charge in [-0.15, -0.1) is 0 Å². The minimum atomic E-state index is -0.422. The van der Waals surface area contributed by atoms with Gasteiger partial charge in [-0.3, -0.25) is 0 Å². The van der Waals surface area contributed by atoms with E-state index in [1.807, 2.05) is 13.0 Å². The molecule has 1 atom stereocenters. The van der Waals surface area contributed by atoms with Crippen molar-refractivity contribution in [3.8, 4) is 0 Å². The van der Waals surface area contributed by atoms with Gasteiger partial charge < -0.3 is 4.42 Å². The molecule has 0 aliphatic rings. The number of halogens is 3. The van der Waals surface area contributed by atoms with Gasteiger partial charge in [0.05, 0.1) is 4.83 Å². The fourth-order valence-electron chi connectivity index (χ4n) is 1.93. The smallest absolute Gasteiger partial charge is 0.128 e. The Bertz CT molecular complexity index is 590. The Labute approximate surface area is 113 Å². The first-order valence-electron chi connectivity index (χ1n) is 5.56. The lowest BCUT2D eigenvalue weighted by atomic mass is 10.0. The Balaban J connectivity index is 2.49. The summed E-state index contributed by atoms with van der Waals surface area (Å²) >= 11 is 3.40. The third-order valence-corrected chi connectivity index (χ3v) is 3.89. The normalized spacial score (nSPS) is 12.8. The summed E-state index contributed by atoms with van der Waals surface area (Å²) < 4.78 is 32.8. The zero-order valence-corrected chi connectivity index (χ0v) is 11.9. The summed E-state index contributed by atoms with van der Waals surface area (Å²) in [5, 5.41) is 0. The maximum atomic E-state index is 13.9. The highest BCUT2D eigenvalue weighted by Gasteiger charge is 2.20. The molecule has 2 aromatic rings. The molecule has 0 saturated heterocycles. The van der Waals surface area contributed by atoms with E-state index in [0.717, 1.165) is 11.3 Å². The third-order valence-electron chi connectivity index (χ3n) is 2.90. The monoisotopic (exact) mass is 314 g/mol. The maximum absolute atomic E-state index is 13.9. The summed E-state index contributed by atoms with van der Waals surface area (Å²) in [5.41, 5.74) is 1.40. The lowest BCUT2D eigenvalue weighted by Crippen LogP contribution is -1.99. The van der Waals surface area contributed by atoms with E-state index in [2.05, 4.69) is 15.9 Å². The summed E-state index contributed by atoms with van der Waals surface area (Å²) in [6, 6.07) is 4.26. The fourth-order valence-corrected chi connectivity index (χ4v) is 2.73.